The fourth-order valence-corrected chi connectivity index (χ4v) is 8.15. The third kappa shape index (κ3) is 3.52. The number of hydrogen-bond acceptors (Lipinski definition) is 3. The van der Waals surface area contributed by atoms with Gasteiger partial charge in [0.05, 0.1) is 10.8 Å². The van der Waals surface area contributed by atoms with Crippen molar-refractivity contribution in [1.82, 2.24) is 0 Å². The summed E-state index contributed by atoms with van der Waals surface area (Å²) in [6, 6.07) is 4.95. The van der Waals surface area contributed by atoms with E-state index in [2.05, 4.69) is 0 Å². The predicted molar refractivity (Wildman–Crippen MR) is 109 cm³/mol. The molecule has 0 aromatic heterocycles. The molecule has 196 valence electrons. The van der Waals surface area contributed by atoms with E-state index in [9.17, 15) is 53.4 Å². The second-order valence-corrected chi connectivity index (χ2v) is 11.2. The molecule has 1 saturated carbocycles. The Hall–Kier alpha value is -2.70. The van der Waals surface area contributed by atoms with Crippen LogP contribution in [0.1, 0.15) is 36.0 Å². The van der Waals surface area contributed by atoms with E-state index in [0.717, 1.165) is 24.3 Å². The van der Waals surface area contributed by atoms with Crippen molar-refractivity contribution in [2.24, 2.45) is 11.8 Å². The van der Waals surface area contributed by atoms with Crippen molar-refractivity contribution in [3.63, 3.8) is 0 Å². The molecule has 2 aromatic rings. The van der Waals surface area contributed by atoms with Crippen LogP contribution >= 0.6 is 0 Å². The van der Waals surface area contributed by atoms with E-state index in [-0.39, 0.29) is 47.8 Å². The van der Waals surface area contributed by atoms with Crippen LogP contribution in [0.25, 0.3) is 0 Å². The molecule has 1 unspecified atom stereocenters. The Balaban J connectivity index is 1.97. The molecule has 2 aliphatic carbocycles. The number of carboxylic acids is 1. The third-order valence-corrected chi connectivity index (χ3v) is 9.88. The molecule has 4 nitrogen and oxygen atoms in total. The summed E-state index contributed by atoms with van der Waals surface area (Å²) in [5.74, 6) is -4.28. The highest BCUT2D eigenvalue weighted by Crippen LogP contribution is 2.60. The molecule has 0 amide bonds. The summed E-state index contributed by atoms with van der Waals surface area (Å²) in [6.45, 7) is 0. The number of aliphatic carboxylic acids is 1. The fraction of sp³-hybridized carbons (Fsp3) is 0.435. The molecule has 0 saturated heterocycles. The molecule has 1 fully saturated rings. The minimum Gasteiger partial charge on any atom is -0.481 e. The van der Waals surface area contributed by atoms with Gasteiger partial charge in [-0.2, -0.15) is 26.3 Å². The number of carboxylic acid groups (broad SMARTS) is 1. The lowest BCUT2D eigenvalue weighted by atomic mass is 9.72. The smallest absolute Gasteiger partial charge is 0.435 e. The Morgan fingerprint density at radius 1 is 0.917 bits per heavy atom. The van der Waals surface area contributed by atoms with Crippen LogP contribution in [0.2, 0.25) is 0 Å². The SMILES string of the molecule is O=C(O)[C@@H]1CCC2(S(=O)(=O)c3ccc(F)cc3)c3ccc(C(F)(C(F)(F)F)C(F)(F)F)cc3CC[C@@H]12. The van der Waals surface area contributed by atoms with Crippen LogP contribution in [0.5, 0.6) is 0 Å². The van der Waals surface area contributed by atoms with E-state index in [0.29, 0.717) is 12.1 Å². The number of aryl methyl sites for hydroxylation is 1. The maximum Gasteiger partial charge on any atom is 0.435 e. The van der Waals surface area contributed by atoms with Crippen LogP contribution < -0.4 is 0 Å². The lowest BCUT2D eigenvalue weighted by molar-refractivity contribution is -0.348. The summed E-state index contributed by atoms with van der Waals surface area (Å²) >= 11 is 0. The zero-order valence-electron chi connectivity index (χ0n) is 18.1. The van der Waals surface area contributed by atoms with Gasteiger partial charge < -0.3 is 5.11 Å². The van der Waals surface area contributed by atoms with Gasteiger partial charge in [0, 0.05) is 5.56 Å². The third-order valence-electron chi connectivity index (χ3n) is 7.30. The summed E-state index contributed by atoms with van der Waals surface area (Å²) in [6.07, 6.45) is -13.6. The quantitative estimate of drug-likeness (QED) is 0.389. The van der Waals surface area contributed by atoms with E-state index in [1.807, 2.05) is 0 Å². The molecule has 0 heterocycles. The molecular weight excluding hydrogens is 524 g/mol. The standard InChI is InChI=1S/C23H18F8O4S/c24-14-3-5-15(6-4-14)36(34,35)20-10-9-16(19(32)33)18(20)7-1-12-11-13(2-8-17(12)20)21(25,22(26,27)28)23(29,30)31/h2-6,8,11,16,18H,1,7,9-10H2,(H,32,33)/t16-,18+,20?/m1/s1. The summed E-state index contributed by atoms with van der Waals surface area (Å²) in [5.41, 5.74) is -7.88. The van der Waals surface area contributed by atoms with Gasteiger partial charge in [-0.15, -0.1) is 0 Å². The predicted octanol–water partition coefficient (Wildman–Crippen LogP) is 5.84. The lowest BCUT2D eigenvalue weighted by Gasteiger charge is -2.42. The van der Waals surface area contributed by atoms with Crippen molar-refractivity contribution in [3.8, 4) is 0 Å². The first-order valence-corrected chi connectivity index (χ1v) is 12.2. The molecule has 3 atom stereocenters. The molecule has 13 heteroatoms. The first-order valence-electron chi connectivity index (χ1n) is 10.7. The first-order chi connectivity index (χ1) is 16.5. The van der Waals surface area contributed by atoms with Gasteiger partial charge in [0.25, 0.3) is 0 Å². The van der Waals surface area contributed by atoms with Crippen molar-refractivity contribution in [2.45, 2.75) is 53.3 Å². The Morgan fingerprint density at radius 3 is 2.03 bits per heavy atom. The number of halogens is 8. The second-order valence-electron chi connectivity index (χ2n) is 9.00. The monoisotopic (exact) mass is 542 g/mol. The van der Waals surface area contributed by atoms with Crippen LogP contribution in [0.4, 0.5) is 35.1 Å². The molecule has 4 rings (SSSR count). The number of benzene rings is 2. The average Bonchev–Trinajstić information content (AvgIpc) is 3.19. The zero-order chi connectivity index (χ0) is 26.9. The van der Waals surface area contributed by atoms with Crippen LogP contribution in [-0.2, 0) is 31.5 Å². The number of rotatable bonds is 4. The maximum absolute atomic E-state index is 14.7. The van der Waals surface area contributed by atoms with Crippen LogP contribution in [0, 0.1) is 17.7 Å². The molecule has 0 bridgehead atoms. The van der Waals surface area contributed by atoms with Gasteiger partial charge in [0.1, 0.15) is 10.6 Å². The molecule has 2 aliphatic rings. The van der Waals surface area contributed by atoms with Gasteiger partial charge in [0.15, 0.2) is 9.84 Å². The molecule has 0 spiro atoms. The number of fused-ring (bicyclic) bond motifs is 3. The summed E-state index contributed by atoms with van der Waals surface area (Å²) < 4.78 is 134. The molecule has 2 aromatic carbocycles. The normalized spacial score (nSPS) is 24.8. The minimum atomic E-state index is -6.35. The number of alkyl halides is 7. The van der Waals surface area contributed by atoms with Gasteiger partial charge in [-0.05, 0) is 67.0 Å². The summed E-state index contributed by atoms with van der Waals surface area (Å²) in [4.78, 5) is 11.5. The molecule has 36 heavy (non-hydrogen) atoms. The van der Waals surface area contributed by atoms with Gasteiger partial charge in [-0.1, -0.05) is 18.2 Å². The Kier molecular flexibility index (Phi) is 5.97. The number of hydrogen-bond donors (Lipinski definition) is 1. The van der Waals surface area contributed by atoms with Crippen LogP contribution in [0.3, 0.4) is 0 Å². The minimum absolute atomic E-state index is 0.125. The van der Waals surface area contributed by atoms with Crippen molar-refractivity contribution < 1.29 is 53.4 Å². The average molecular weight is 542 g/mol. The van der Waals surface area contributed by atoms with E-state index in [4.69, 9.17) is 0 Å². The molecular formula is C23H18F8O4S. The Labute approximate surface area is 199 Å². The summed E-state index contributed by atoms with van der Waals surface area (Å²) in [7, 11) is -4.53. The molecule has 1 N–H and O–H groups in total. The van der Waals surface area contributed by atoms with E-state index < -0.39 is 61.8 Å². The zero-order valence-corrected chi connectivity index (χ0v) is 18.9. The Bertz CT molecular complexity index is 1290. The van der Waals surface area contributed by atoms with Gasteiger partial charge >= 0.3 is 24.0 Å². The van der Waals surface area contributed by atoms with Gasteiger partial charge in [0.2, 0.25) is 0 Å². The van der Waals surface area contributed by atoms with Crippen molar-refractivity contribution in [1.29, 1.82) is 0 Å². The highest BCUT2D eigenvalue weighted by atomic mass is 32.2. The van der Waals surface area contributed by atoms with E-state index >= 15 is 0 Å². The van der Waals surface area contributed by atoms with Gasteiger partial charge in [-0.3, -0.25) is 4.79 Å². The van der Waals surface area contributed by atoms with Crippen LogP contribution in [-0.4, -0.2) is 31.8 Å². The van der Waals surface area contributed by atoms with Crippen LogP contribution in [0.15, 0.2) is 47.4 Å². The first kappa shape index (κ1) is 26.4. The topological polar surface area (TPSA) is 71.4 Å². The highest BCUT2D eigenvalue weighted by molar-refractivity contribution is 7.92. The maximum atomic E-state index is 14.7. The van der Waals surface area contributed by atoms with E-state index in [1.54, 1.807) is 0 Å². The summed E-state index contributed by atoms with van der Waals surface area (Å²) in [5, 5.41) is 9.67. The lowest BCUT2D eigenvalue weighted by Crippen LogP contribution is -2.51. The molecule has 0 radical (unpaired) electrons. The van der Waals surface area contributed by atoms with Crippen molar-refractivity contribution >= 4 is 15.8 Å². The largest absolute Gasteiger partial charge is 0.481 e. The second kappa shape index (κ2) is 8.15. The van der Waals surface area contributed by atoms with Crippen molar-refractivity contribution in [3.05, 3.63) is 65.0 Å². The fourth-order valence-electron chi connectivity index (χ4n) is 5.67. The van der Waals surface area contributed by atoms with Crippen molar-refractivity contribution in [2.75, 3.05) is 0 Å². The highest BCUT2D eigenvalue weighted by Gasteiger charge is 2.73. The van der Waals surface area contributed by atoms with E-state index in [1.165, 1.54) is 0 Å². The number of sulfone groups is 1. The molecule has 0 aliphatic heterocycles. The number of carbonyl (C=O) groups is 1. The van der Waals surface area contributed by atoms with Gasteiger partial charge in [-0.25, -0.2) is 17.2 Å². The Morgan fingerprint density at radius 2 is 1.50 bits per heavy atom.